The number of unbranched alkanes of at least 4 members (excludes halogenated alkanes) is 2. The van der Waals surface area contributed by atoms with E-state index in [0.717, 1.165) is 32.1 Å². The molecule has 15 heavy (non-hydrogen) atoms. The molecule has 4 nitrogen and oxygen atoms in total. The monoisotopic (exact) mass is 215 g/mol. The zero-order chi connectivity index (χ0) is 11.1. The first-order chi connectivity index (χ1) is 7.27. The first kappa shape index (κ1) is 12.5. The molecule has 0 spiro atoms. The summed E-state index contributed by atoms with van der Waals surface area (Å²) in [7, 11) is 0. The van der Waals surface area contributed by atoms with Crippen molar-refractivity contribution < 1.29 is 14.3 Å². The average Bonchev–Trinajstić information content (AvgIpc) is 2.72. The van der Waals surface area contributed by atoms with E-state index in [-0.39, 0.29) is 18.2 Å². The highest BCUT2D eigenvalue weighted by atomic mass is 16.6. The fourth-order valence-corrected chi connectivity index (χ4v) is 1.67. The van der Waals surface area contributed by atoms with E-state index in [2.05, 4.69) is 6.92 Å². The minimum absolute atomic E-state index is 0.0400. The molecule has 1 saturated heterocycles. The third kappa shape index (κ3) is 4.18. The SMILES string of the molecule is CCCCCOC(=O)C1CCC(CN)O1. The van der Waals surface area contributed by atoms with Crippen molar-refractivity contribution in [2.45, 2.75) is 51.2 Å². The summed E-state index contributed by atoms with van der Waals surface area (Å²) in [5.74, 6) is -0.220. The minimum atomic E-state index is -0.375. The van der Waals surface area contributed by atoms with Crippen molar-refractivity contribution in [1.29, 1.82) is 0 Å². The number of ether oxygens (including phenoxy) is 2. The Kier molecular flexibility index (Phi) is 5.65. The maximum Gasteiger partial charge on any atom is 0.335 e. The van der Waals surface area contributed by atoms with E-state index in [1.165, 1.54) is 0 Å². The van der Waals surface area contributed by atoms with Crippen molar-refractivity contribution in [3.63, 3.8) is 0 Å². The van der Waals surface area contributed by atoms with E-state index in [1.807, 2.05) is 0 Å². The van der Waals surface area contributed by atoms with Crippen LogP contribution in [-0.4, -0.2) is 31.3 Å². The normalized spacial score (nSPS) is 25.5. The van der Waals surface area contributed by atoms with Crippen LogP contribution in [0.1, 0.15) is 39.0 Å². The van der Waals surface area contributed by atoms with Gasteiger partial charge in [-0.1, -0.05) is 19.8 Å². The summed E-state index contributed by atoms with van der Waals surface area (Å²) in [4.78, 5) is 11.5. The van der Waals surface area contributed by atoms with Gasteiger partial charge in [0.15, 0.2) is 6.10 Å². The van der Waals surface area contributed by atoms with Crippen LogP contribution >= 0.6 is 0 Å². The van der Waals surface area contributed by atoms with Crippen LogP contribution in [0.3, 0.4) is 0 Å². The van der Waals surface area contributed by atoms with Gasteiger partial charge in [-0.3, -0.25) is 0 Å². The average molecular weight is 215 g/mol. The van der Waals surface area contributed by atoms with Crippen molar-refractivity contribution in [3.05, 3.63) is 0 Å². The van der Waals surface area contributed by atoms with Gasteiger partial charge in [0, 0.05) is 6.54 Å². The fraction of sp³-hybridized carbons (Fsp3) is 0.909. The van der Waals surface area contributed by atoms with Crippen LogP contribution in [0.5, 0.6) is 0 Å². The molecule has 88 valence electrons. The van der Waals surface area contributed by atoms with Gasteiger partial charge in [0.25, 0.3) is 0 Å². The quantitative estimate of drug-likeness (QED) is 0.534. The van der Waals surface area contributed by atoms with Crippen LogP contribution < -0.4 is 5.73 Å². The summed E-state index contributed by atoms with van der Waals surface area (Å²) >= 11 is 0. The second-order valence-corrected chi connectivity index (χ2v) is 3.93. The lowest BCUT2D eigenvalue weighted by Gasteiger charge is -2.11. The predicted molar refractivity (Wildman–Crippen MR) is 57.4 cm³/mol. The summed E-state index contributed by atoms with van der Waals surface area (Å²) in [5.41, 5.74) is 5.46. The lowest BCUT2D eigenvalue weighted by molar-refractivity contribution is -0.156. The van der Waals surface area contributed by atoms with Gasteiger partial charge in [0.05, 0.1) is 12.7 Å². The maximum atomic E-state index is 11.5. The Morgan fingerprint density at radius 2 is 2.27 bits per heavy atom. The summed E-state index contributed by atoms with van der Waals surface area (Å²) in [6.45, 7) is 3.12. The van der Waals surface area contributed by atoms with Crippen molar-refractivity contribution in [2.75, 3.05) is 13.2 Å². The highest BCUT2D eigenvalue weighted by Crippen LogP contribution is 2.19. The van der Waals surface area contributed by atoms with Crippen LogP contribution in [0.4, 0.5) is 0 Å². The van der Waals surface area contributed by atoms with Crippen molar-refractivity contribution in [3.8, 4) is 0 Å². The van der Waals surface area contributed by atoms with E-state index in [0.29, 0.717) is 13.2 Å². The van der Waals surface area contributed by atoms with Gasteiger partial charge in [0.1, 0.15) is 0 Å². The molecule has 1 rings (SSSR count). The number of nitrogens with two attached hydrogens (primary N) is 1. The molecule has 0 saturated carbocycles. The van der Waals surface area contributed by atoms with Gasteiger partial charge in [-0.2, -0.15) is 0 Å². The second kappa shape index (κ2) is 6.80. The molecule has 2 N–H and O–H groups in total. The Balaban J connectivity index is 2.12. The van der Waals surface area contributed by atoms with E-state index >= 15 is 0 Å². The van der Waals surface area contributed by atoms with E-state index in [9.17, 15) is 4.79 Å². The lowest BCUT2D eigenvalue weighted by Crippen LogP contribution is -2.26. The summed E-state index contributed by atoms with van der Waals surface area (Å²) < 4.78 is 10.5. The molecular formula is C11H21NO3. The molecule has 1 aliphatic rings. The zero-order valence-electron chi connectivity index (χ0n) is 9.41. The third-order valence-electron chi connectivity index (χ3n) is 2.63. The van der Waals surface area contributed by atoms with E-state index < -0.39 is 0 Å². The highest BCUT2D eigenvalue weighted by Gasteiger charge is 2.30. The van der Waals surface area contributed by atoms with Gasteiger partial charge >= 0.3 is 5.97 Å². The molecule has 0 bridgehead atoms. The Hall–Kier alpha value is -0.610. The van der Waals surface area contributed by atoms with Gasteiger partial charge in [-0.25, -0.2) is 4.79 Å². The predicted octanol–water partition coefficient (Wildman–Crippen LogP) is 1.23. The molecule has 0 aromatic heterocycles. The molecule has 0 aromatic carbocycles. The van der Waals surface area contributed by atoms with E-state index in [1.54, 1.807) is 0 Å². The Bertz CT molecular complexity index is 196. The molecule has 1 aliphatic heterocycles. The summed E-state index contributed by atoms with van der Waals surface area (Å²) in [5, 5.41) is 0. The minimum Gasteiger partial charge on any atom is -0.464 e. The molecule has 2 unspecified atom stereocenters. The molecule has 2 atom stereocenters. The summed E-state index contributed by atoms with van der Waals surface area (Å²) in [6.07, 6.45) is 4.45. The number of rotatable bonds is 6. The molecule has 1 heterocycles. The van der Waals surface area contributed by atoms with Crippen LogP contribution in [0.25, 0.3) is 0 Å². The van der Waals surface area contributed by atoms with Gasteiger partial charge in [-0.15, -0.1) is 0 Å². The topological polar surface area (TPSA) is 61.5 Å². The molecule has 0 radical (unpaired) electrons. The molecule has 0 aliphatic carbocycles. The van der Waals surface area contributed by atoms with E-state index in [4.69, 9.17) is 15.2 Å². The van der Waals surface area contributed by atoms with Crippen molar-refractivity contribution >= 4 is 5.97 Å². The standard InChI is InChI=1S/C11H21NO3/c1-2-3-4-7-14-11(13)10-6-5-9(8-12)15-10/h9-10H,2-8,12H2,1H3. The summed E-state index contributed by atoms with van der Waals surface area (Å²) in [6, 6.07) is 0. The lowest BCUT2D eigenvalue weighted by atomic mass is 10.2. The smallest absolute Gasteiger partial charge is 0.335 e. The number of carbonyl (C=O) groups excluding carboxylic acids is 1. The Morgan fingerprint density at radius 3 is 2.87 bits per heavy atom. The van der Waals surface area contributed by atoms with Crippen molar-refractivity contribution in [1.82, 2.24) is 0 Å². The first-order valence-electron chi connectivity index (χ1n) is 5.80. The van der Waals surface area contributed by atoms with Gasteiger partial charge in [0.2, 0.25) is 0 Å². The molecule has 0 aromatic rings. The van der Waals surface area contributed by atoms with Gasteiger partial charge < -0.3 is 15.2 Å². The fourth-order valence-electron chi connectivity index (χ4n) is 1.67. The third-order valence-corrected chi connectivity index (χ3v) is 2.63. The molecule has 4 heteroatoms. The number of hydrogen-bond donors (Lipinski definition) is 1. The second-order valence-electron chi connectivity index (χ2n) is 3.93. The number of carbonyl (C=O) groups is 1. The van der Waals surface area contributed by atoms with Crippen LogP contribution in [-0.2, 0) is 14.3 Å². The zero-order valence-corrected chi connectivity index (χ0v) is 9.41. The molecule has 0 amide bonds. The van der Waals surface area contributed by atoms with Gasteiger partial charge in [-0.05, 0) is 19.3 Å². The number of hydrogen-bond acceptors (Lipinski definition) is 4. The van der Waals surface area contributed by atoms with Crippen LogP contribution in [0.2, 0.25) is 0 Å². The Labute approximate surface area is 91.1 Å². The number of esters is 1. The maximum absolute atomic E-state index is 11.5. The van der Waals surface area contributed by atoms with Crippen LogP contribution in [0, 0.1) is 0 Å². The molecule has 1 fully saturated rings. The van der Waals surface area contributed by atoms with Crippen LogP contribution in [0.15, 0.2) is 0 Å². The Morgan fingerprint density at radius 1 is 1.47 bits per heavy atom. The highest BCUT2D eigenvalue weighted by molar-refractivity contribution is 5.74. The van der Waals surface area contributed by atoms with Crippen molar-refractivity contribution in [2.24, 2.45) is 5.73 Å². The molecular weight excluding hydrogens is 194 g/mol. The largest absolute Gasteiger partial charge is 0.464 e. The first-order valence-corrected chi connectivity index (χ1v) is 5.80.